The lowest BCUT2D eigenvalue weighted by Gasteiger charge is -2.30. The third kappa shape index (κ3) is 3.39. The number of piperidine rings is 1. The molecule has 0 bridgehead atoms. The van der Waals surface area contributed by atoms with Gasteiger partial charge in [0.1, 0.15) is 6.54 Å². The van der Waals surface area contributed by atoms with Crippen LogP contribution >= 0.6 is 11.8 Å². The number of carbonyl (C=O) groups is 2. The van der Waals surface area contributed by atoms with Crippen molar-refractivity contribution in [2.24, 2.45) is 0 Å². The lowest BCUT2D eigenvalue weighted by molar-refractivity contribution is -0.120. The Hall–Kier alpha value is -1.53. The van der Waals surface area contributed by atoms with Gasteiger partial charge in [-0.3, -0.25) is 9.59 Å². The minimum atomic E-state index is -0.131. The first-order valence-electron chi connectivity index (χ1n) is 7.25. The molecule has 1 aromatic carbocycles. The first kappa shape index (κ1) is 14.4. The maximum atomic E-state index is 12.5. The summed E-state index contributed by atoms with van der Waals surface area (Å²) in [5.41, 5.74) is 1.52. The Balaban J connectivity index is 1.65. The zero-order valence-corrected chi connectivity index (χ0v) is 12.6. The van der Waals surface area contributed by atoms with Crippen LogP contribution in [-0.2, 0) is 9.59 Å². The van der Waals surface area contributed by atoms with Crippen LogP contribution in [-0.4, -0.2) is 42.5 Å². The molecule has 0 spiro atoms. The van der Waals surface area contributed by atoms with Crippen molar-refractivity contribution in [1.82, 2.24) is 5.32 Å². The van der Waals surface area contributed by atoms with Crippen molar-refractivity contribution < 1.29 is 9.59 Å². The van der Waals surface area contributed by atoms with Gasteiger partial charge in [-0.05, 0) is 38.1 Å². The number of thioether (sulfide) groups is 1. The van der Waals surface area contributed by atoms with Gasteiger partial charge in [-0.15, -0.1) is 11.8 Å². The number of rotatable bonds is 3. The van der Waals surface area contributed by atoms with E-state index in [4.69, 9.17) is 0 Å². The van der Waals surface area contributed by atoms with E-state index in [-0.39, 0.29) is 18.4 Å². The third-order valence-electron chi connectivity index (χ3n) is 3.80. The zero-order valence-electron chi connectivity index (χ0n) is 11.8. The predicted octanol–water partition coefficient (Wildman–Crippen LogP) is 1.46. The van der Waals surface area contributed by atoms with Gasteiger partial charge in [-0.1, -0.05) is 12.1 Å². The number of anilines is 2. The van der Waals surface area contributed by atoms with Crippen LogP contribution in [0.25, 0.3) is 0 Å². The molecule has 1 fully saturated rings. The molecular weight excluding hydrogens is 286 g/mol. The Morgan fingerprint density at radius 1 is 1.29 bits per heavy atom. The molecule has 112 valence electrons. The van der Waals surface area contributed by atoms with Gasteiger partial charge in [0.05, 0.1) is 17.1 Å². The van der Waals surface area contributed by atoms with Gasteiger partial charge in [0.15, 0.2) is 0 Å². The Labute approximate surface area is 128 Å². The molecular formula is C15H19N3O2S. The van der Waals surface area contributed by atoms with Gasteiger partial charge in [0.2, 0.25) is 11.8 Å². The number of hydrogen-bond donors (Lipinski definition) is 2. The van der Waals surface area contributed by atoms with E-state index in [2.05, 4.69) is 10.6 Å². The summed E-state index contributed by atoms with van der Waals surface area (Å²) in [6.07, 6.45) is 2.21. The number of hydrogen-bond acceptors (Lipinski definition) is 4. The summed E-state index contributed by atoms with van der Waals surface area (Å²) in [4.78, 5) is 25.8. The molecule has 3 rings (SSSR count). The molecule has 2 aliphatic heterocycles. The van der Waals surface area contributed by atoms with E-state index in [0.29, 0.717) is 16.7 Å². The molecule has 5 nitrogen and oxygen atoms in total. The van der Waals surface area contributed by atoms with E-state index in [9.17, 15) is 9.59 Å². The average molecular weight is 305 g/mol. The Kier molecular flexibility index (Phi) is 4.45. The lowest BCUT2D eigenvalue weighted by atomic mass is 10.2. The fourth-order valence-electron chi connectivity index (χ4n) is 2.68. The van der Waals surface area contributed by atoms with Crippen molar-refractivity contribution in [2.75, 3.05) is 35.6 Å². The molecule has 1 saturated heterocycles. The molecule has 6 heteroatoms. The fraction of sp³-hybridized carbons (Fsp3) is 0.467. The number of amides is 2. The molecule has 0 unspecified atom stereocenters. The number of benzene rings is 1. The molecule has 2 heterocycles. The molecule has 0 aromatic heterocycles. The van der Waals surface area contributed by atoms with E-state index in [1.54, 1.807) is 16.7 Å². The van der Waals surface area contributed by atoms with Crippen molar-refractivity contribution in [1.29, 1.82) is 0 Å². The molecule has 21 heavy (non-hydrogen) atoms. The van der Waals surface area contributed by atoms with E-state index >= 15 is 0 Å². The highest BCUT2D eigenvalue weighted by Gasteiger charge is 2.27. The average Bonchev–Trinajstić information content (AvgIpc) is 2.52. The standard InChI is InChI=1S/C15H19N3O2S/c19-14-9-18(13-4-2-1-3-12(13)17-14)15(20)10-21-11-5-7-16-8-6-11/h1-4,11,16H,5-10H2,(H,17,19). The van der Waals surface area contributed by atoms with Crippen molar-refractivity contribution in [3.8, 4) is 0 Å². The van der Waals surface area contributed by atoms with Gasteiger partial charge < -0.3 is 15.5 Å². The van der Waals surface area contributed by atoms with E-state index in [1.807, 2.05) is 24.3 Å². The summed E-state index contributed by atoms with van der Waals surface area (Å²) < 4.78 is 0. The molecule has 2 amide bonds. The van der Waals surface area contributed by atoms with E-state index in [1.165, 1.54) is 0 Å². The van der Waals surface area contributed by atoms with Crippen LogP contribution in [0.2, 0.25) is 0 Å². The van der Waals surface area contributed by atoms with Gasteiger partial charge >= 0.3 is 0 Å². The summed E-state index contributed by atoms with van der Waals surface area (Å²) in [5.74, 6) is 0.321. The van der Waals surface area contributed by atoms with Crippen molar-refractivity contribution in [3.05, 3.63) is 24.3 Å². The van der Waals surface area contributed by atoms with Crippen LogP contribution in [0.5, 0.6) is 0 Å². The molecule has 2 aliphatic rings. The summed E-state index contributed by atoms with van der Waals surface area (Å²) in [6.45, 7) is 2.17. The minimum absolute atomic E-state index is 0.0147. The minimum Gasteiger partial charge on any atom is -0.323 e. The maximum Gasteiger partial charge on any atom is 0.244 e. The predicted molar refractivity (Wildman–Crippen MR) is 85.8 cm³/mol. The zero-order chi connectivity index (χ0) is 14.7. The molecule has 0 atom stereocenters. The Bertz CT molecular complexity index is 543. The van der Waals surface area contributed by atoms with Crippen LogP contribution in [0.15, 0.2) is 24.3 Å². The van der Waals surface area contributed by atoms with Crippen molar-refractivity contribution >= 4 is 35.0 Å². The van der Waals surface area contributed by atoms with Crippen LogP contribution in [0.1, 0.15) is 12.8 Å². The van der Waals surface area contributed by atoms with Crippen molar-refractivity contribution in [2.45, 2.75) is 18.1 Å². The van der Waals surface area contributed by atoms with E-state index in [0.717, 1.165) is 31.6 Å². The highest BCUT2D eigenvalue weighted by Crippen LogP contribution is 2.30. The van der Waals surface area contributed by atoms with Crippen LogP contribution in [0.4, 0.5) is 11.4 Å². The normalized spacial score (nSPS) is 19.0. The summed E-state index contributed by atoms with van der Waals surface area (Å²) in [6, 6.07) is 7.45. The smallest absolute Gasteiger partial charge is 0.244 e. The lowest BCUT2D eigenvalue weighted by Crippen LogP contribution is -2.43. The quantitative estimate of drug-likeness (QED) is 0.887. The van der Waals surface area contributed by atoms with Gasteiger partial charge in [-0.2, -0.15) is 0 Å². The van der Waals surface area contributed by atoms with Gasteiger partial charge in [-0.25, -0.2) is 0 Å². The Morgan fingerprint density at radius 3 is 2.86 bits per heavy atom. The number of nitrogens with one attached hydrogen (secondary N) is 2. The monoisotopic (exact) mass is 305 g/mol. The molecule has 0 saturated carbocycles. The summed E-state index contributed by atoms with van der Waals surface area (Å²) >= 11 is 1.71. The van der Waals surface area contributed by atoms with Crippen molar-refractivity contribution in [3.63, 3.8) is 0 Å². The van der Waals surface area contributed by atoms with Gasteiger partial charge in [0, 0.05) is 5.25 Å². The third-order valence-corrected chi connectivity index (χ3v) is 5.16. The van der Waals surface area contributed by atoms with Crippen LogP contribution < -0.4 is 15.5 Å². The molecule has 0 radical (unpaired) electrons. The second-order valence-corrected chi connectivity index (χ2v) is 6.59. The maximum absolute atomic E-state index is 12.5. The molecule has 1 aromatic rings. The largest absolute Gasteiger partial charge is 0.323 e. The fourth-order valence-corrected chi connectivity index (χ4v) is 3.79. The second-order valence-electron chi connectivity index (χ2n) is 5.31. The summed E-state index contributed by atoms with van der Waals surface area (Å²) in [7, 11) is 0. The second kappa shape index (κ2) is 6.49. The highest BCUT2D eigenvalue weighted by atomic mass is 32.2. The number of carbonyl (C=O) groups excluding carboxylic acids is 2. The van der Waals surface area contributed by atoms with Gasteiger partial charge in [0.25, 0.3) is 0 Å². The number of nitrogens with zero attached hydrogens (tertiary/aromatic N) is 1. The molecule has 2 N–H and O–H groups in total. The van der Waals surface area contributed by atoms with Crippen LogP contribution in [0.3, 0.4) is 0 Å². The summed E-state index contributed by atoms with van der Waals surface area (Å²) in [5, 5.41) is 6.67. The number of para-hydroxylation sites is 2. The SMILES string of the molecule is O=C1CN(C(=O)CSC2CCNCC2)c2ccccc2N1. The highest BCUT2D eigenvalue weighted by molar-refractivity contribution is 8.00. The Morgan fingerprint density at radius 2 is 2.05 bits per heavy atom. The van der Waals surface area contributed by atoms with E-state index < -0.39 is 0 Å². The first-order chi connectivity index (χ1) is 10.2. The van der Waals surface area contributed by atoms with Crippen LogP contribution in [0, 0.1) is 0 Å². The number of fused-ring (bicyclic) bond motifs is 1. The molecule has 0 aliphatic carbocycles. The first-order valence-corrected chi connectivity index (χ1v) is 8.30. The topological polar surface area (TPSA) is 61.4 Å².